The molecule has 5 nitrogen and oxygen atoms in total. The predicted octanol–water partition coefficient (Wildman–Crippen LogP) is -0.0921. The number of nitrogens with two attached hydrogens (primary N) is 1. The van der Waals surface area contributed by atoms with Gasteiger partial charge in [-0.05, 0) is 12.1 Å². The monoisotopic (exact) mass is 314 g/mol. The van der Waals surface area contributed by atoms with E-state index in [9.17, 15) is 18.7 Å². The lowest BCUT2D eigenvalue weighted by Gasteiger charge is -2.17. The molecule has 0 fully saturated rings. The number of primary amides is 1. The molecule has 0 saturated carbocycles. The fraction of sp³-hybridized carbons (Fsp3) is 0.333. The lowest BCUT2D eigenvalue weighted by molar-refractivity contribution is 0.0990. The summed E-state index contributed by atoms with van der Waals surface area (Å²) in [6.07, 6.45) is -0.861. The van der Waals surface area contributed by atoms with Gasteiger partial charge in [-0.1, -0.05) is 0 Å². The number of carbonyl (C=O) groups is 1. The zero-order chi connectivity index (χ0) is 15.6. The topological polar surface area (TPSA) is 84.9 Å². The van der Waals surface area contributed by atoms with Crippen LogP contribution in [0.25, 0.3) is 0 Å². The Morgan fingerprint density at radius 1 is 1.62 bits per heavy atom. The van der Waals surface area contributed by atoms with Crippen LogP contribution in [0.1, 0.15) is 10.4 Å². The molecule has 1 aromatic rings. The summed E-state index contributed by atoms with van der Waals surface area (Å²) in [6, 6.07) is 1.93. The van der Waals surface area contributed by atoms with Crippen molar-refractivity contribution >= 4 is 30.6 Å². The summed E-state index contributed by atoms with van der Waals surface area (Å²) in [5.41, 5.74) is 4.07. The van der Waals surface area contributed by atoms with Crippen LogP contribution in [0.4, 0.5) is 8.78 Å². The number of aliphatic hydroxyl groups excluding tert-OH is 1. The van der Waals surface area contributed by atoms with Gasteiger partial charge in [0.05, 0.1) is 6.61 Å². The third kappa shape index (κ3) is 3.35. The molecule has 0 saturated heterocycles. The van der Waals surface area contributed by atoms with Gasteiger partial charge >= 0.3 is 0 Å². The molecule has 0 aromatic heterocycles. The summed E-state index contributed by atoms with van der Waals surface area (Å²) < 4.78 is 32.8. The standard InChI is InChI=1S/C12H13BF2N2O3S/c13-8-4-21-12(17-8)7(3-18)20-6-2-1-5(14)9(10(6)15)11(16)19/h1-2,7-8,18H,3-4,13H2,(H2,16,19). The van der Waals surface area contributed by atoms with Crippen molar-refractivity contribution in [2.75, 3.05) is 12.4 Å². The number of benzene rings is 1. The SMILES string of the molecule is BC1CSC(C(CO)Oc2ccc(F)c(C(N)=O)c2F)=N1. The van der Waals surface area contributed by atoms with E-state index in [4.69, 9.17) is 10.5 Å². The summed E-state index contributed by atoms with van der Waals surface area (Å²) in [4.78, 5) is 15.3. The summed E-state index contributed by atoms with van der Waals surface area (Å²) in [5.74, 6) is -2.99. The van der Waals surface area contributed by atoms with Gasteiger partial charge in [-0.2, -0.15) is 0 Å². The highest BCUT2D eigenvalue weighted by atomic mass is 32.2. The van der Waals surface area contributed by atoms with Crippen LogP contribution in [0.15, 0.2) is 17.1 Å². The number of thioether (sulfide) groups is 1. The van der Waals surface area contributed by atoms with Gasteiger partial charge in [-0.15, -0.1) is 11.8 Å². The average Bonchev–Trinajstić information content (AvgIpc) is 2.84. The molecule has 1 aromatic carbocycles. The molecular formula is C12H13BF2N2O3S. The van der Waals surface area contributed by atoms with Crippen molar-refractivity contribution in [3.05, 3.63) is 29.3 Å². The number of halogens is 2. The fourth-order valence-electron chi connectivity index (χ4n) is 1.84. The minimum Gasteiger partial charge on any atom is -0.478 e. The van der Waals surface area contributed by atoms with Crippen LogP contribution in [-0.4, -0.2) is 48.3 Å². The molecule has 2 unspecified atom stereocenters. The minimum atomic E-state index is -1.22. The Bertz CT molecular complexity index is 600. The van der Waals surface area contributed by atoms with Crippen molar-refractivity contribution < 1.29 is 23.4 Å². The number of carbonyl (C=O) groups excluding carboxylic acids is 1. The lowest BCUT2D eigenvalue weighted by atomic mass is 10.0. The highest BCUT2D eigenvalue weighted by Crippen LogP contribution is 2.27. The second-order valence-electron chi connectivity index (χ2n) is 4.52. The van der Waals surface area contributed by atoms with Gasteiger partial charge in [0.1, 0.15) is 24.3 Å². The predicted molar refractivity (Wildman–Crippen MR) is 78.6 cm³/mol. The van der Waals surface area contributed by atoms with Gasteiger partial charge in [-0.3, -0.25) is 9.79 Å². The normalized spacial score (nSPS) is 19.2. The van der Waals surface area contributed by atoms with Crippen LogP contribution >= 0.6 is 11.8 Å². The van der Waals surface area contributed by atoms with Crippen molar-refractivity contribution in [3.63, 3.8) is 0 Å². The Morgan fingerprint density at radius 3 is 2.86 bits per heavy atom. The first-order valence-electron chi connectivity index (χ1n) is 6.19. The van der Waals surface area contributed by atoms with E-state index in [0.717, 1.165) is 17.9 Å². The van der Waals surface area contributed by atoms with Gasteiger partial charge in [-0.25, -0.2) is 8.78 Å². The Kier molecular flexibility index (Phi) is 4.84. The minimum absolute atomic E-state index is 0.0851. The summed E-state index contributed by atoms with van der Waals surface area (Å²) in [5, 5.41) is 9.89. The summed E-state index contributed by atoms with van der Waals surface area (Å²) in [7, 11) is 1.90. The average molecular weight is 314 g/mol. The zero-order valence-electron chi connectivity index (χ0n) is 11.2. The van der Waals surface area contributed by atoms with Crippen LogP contribution in [0.3, 0.4) is 0 Å². The summed E-state index contributed by atoms with van der Waals surface area (Å²) in [6.45, 7) is -0.415. The third-order valence-electron chi connectivity index (χ3n) is 2.83. The number of aliphatic imine (C=N–C) groups is 1. The quantitative estimate of drug-likeness (QED) is 0.744. The van der Waals surface area contributed by atoms with E-state index in [1.54, 1.807) is 0 Å². The van der Waals surface area contributed by atoms with Gasteiger partial charge in [0, 0.05) is 11.7 Å². The third-order valence-corrected chi connectivity index (χ3v) is 4.15. The lowest BCUT2D eigenvalue weighted by Crippen LogP contribution is -2.29. The van der Waals surface area contributed by atoms with Gasteiger partial charge in [0.15, 0.2) is 17.7 Å². The molecule has 1 heterocycles. The Morgan fingerprint density at radius 2 is 2.33 bits per heavy atom. The van der Waals surface area contributed by atoms with Crippen LogP contribution in [0, 0.1) is 11.6 Å². The molecule has 0 aliphatic carbocycles. The van der Waals surface area contributed by atoms with Crippen molar-refractivity contribution in [2.45, 2.75) is 12.0 Å². The smallest absolute Gasteiger partial charge is 0.254 e. The Balaban J connectivity index is 2.28. The first-order chi connectivity index (χ1) is 9.93. The highest BCUT2D eigenvalue weighted by Gasteiger charge is 2.26. The molecule has 21 heavy (non-hydrogen) atoms. The zero-order valence-corrected chi connectivity index (χ0v) is 12.0. The van der Waals surface area contributed by atoms with Crippen LogP contribution in [0.2, 0.25) is 0 Å². The van der Waals surface area contributed by atoms with Crippen molar-refractivity contribution in [2.24, 2.45) is 10.7 Å². The molecule has 112 valence electrons. The Labute approximate surface area is 125 Å². The number of aliphatic hydroxyl groups is 1. The van der Waals surface area contributed by atoms with Crippen molar-refractivity contribution in [3.8, 4) is 5.75 Å². The molecule has 3 N–H and O–H groups in total. The van der Waals surface area contributed by atoms with E-state index in [2.05, 4.69) is 4.99 Å². The molecule has 0 bridgehead atoms. The molecule has 2 atom stereocenters. The second-order valence-corrected chi connectivity index (χ2v) is 5.56. The molecule has 2 rings (SSSR count). The number of amides is 1. The number of hydrogen-bond donors (Lipinski definition) is 2. The molecular weight excluding hydrogens is 301 g/mol. The van der Waals surface area contributed by atoms with Crippen LogP contribution < -0.4 is 10.5 Å². The van der Waals surface area contributed by atoms with E-state index in [-0.39, 0.29) is 11.7 Å². The largest absolute Gasteiger partial charge is 0.478 e. The number of hydrogen-bond acceptors (Lipinski definition) is 5. The van der Waals surface area contributed by atoms with Crippen molar-refractivity contribution in [1.29, 1.82) is 0 Å². The van der Waals surface area contributed by atoms with E-state index < -0.39 is 35.8 Å². The summed E-state index contributed by atoms with van der Waals surface area (Å²) >= 11 is 1.40. The first-order valence-corrected chi connectivity index (χ1v) is 7.18. The molecule has 9 heteroatoms. The molecule has 1 aliphatic heterocycles. The number of nitrogens with zero attached hydrogens (tertiary/aromatic N) is 1. The maximum atomic E-state index is 14.1. The number of rotatable bonds is 5. The first kappa shape index (κ1) is 15.8. The molecule has 0 spiro atoms. The maximum absolute atomic E-state index is 14.1. The van der Waals surface area contributed by atoms with E-state index in [1.807, 2.05) is 7.85 Å². The molecule has 1 aliphatic rings. The van der Waals surface area contributed by atoms with Crippen LogP contribution in [-0.2, 0) is 0 Å². The second kappa shape index (κ2) is 6.44. The van der Waals surface area contributed by atoms with Crippen molar-refractivity contribution in [1.82, 2.24) is 0 Å². The highest BCUT2D eigenvalue weighted by molar-refractivity contribution is 8.14. The van der Waals surface area contributed by atoms with Gasteiger partial charge < -0.3 is 15.6 Å². The van der Waals surface area contributed by atoms with Gasteiger partial charge in [0.25, 0.3) is 5.91 Å². The van der Waals surface area contributed by atoms with E-state index >= 15 is 0 Å². The van der Waals surface area contributed by atoms with E-state index in [1.165, 1.54) is 11.8 Å². The van der Waals surface area contributed by atoms with E-state index in [0.29, 0.717) is 5.04 Å². The van der Waals surface area contributed by atoms with Gasteiger partial charge in [0.2, 0.25) is 0 Å². The Hall–Kier alpha value is -1.61. The molecule has 0 radical (unpaired) electrons. The maximum Gasteiger partial charge on any atom is 0.254 e. The van der Waals surface area contributed by atoms with Crippen LogP contribution in [0.5, 0.6) is 5.75 Å². The molecule has 1 amide bonds. The number of ether oxygens (including phenoxy) is 1. The fourth-order valence-corrected chi connectivity index (χ4v) is 2.89.